The average Bonchev–Trinajstić information content (AvgIpc) is 3.31. The maximum Gasteiger partial charge on any atom is 0.260 e. The molecule has 0 atom stereocenters. The first-order valence-electron chi connectivity index (χ1n) is 11.9. The Labute approximate surface area is 234 Å². The van der Waals surface area contributed by atoms with Gasteiger partial charge in [-0.2, -0.15) is 14.8 Å². The Morgan fingerprint density at radius 2 is 1.61 bits per heavy atom. The van der Waals surface area contributed by atoms with E-state index in [0.29, 0.717) is 23.8 Å². The number of hydrogen-bond acceptors (Lipinski definition) is 8. The first-order chi connectivity index (χ1) is 17.7. The predicted octanol–water partition coefficient (Wildman–Crippen LogP) is 4.31. The van der Waals surface area contributed by atoms with E-state index in [1.165, 1.54) is 41.2 Å². The minimum atomic E-state index is -3.92. The number of nitriles is 2. The van der Waals surface area contributed by atoms with Gasteiger partial charge in [0.2, 0.25) is 10.0 Å². The van der Waals surface area contributed by atoms with Crippen molar-refractivity contribution in [2.75, 3.05) is 45.2 Å². The van der Waals surface area contributed by atoms with E-state index >= 15 is 0 Å². The van der Waals surface area contributed by atoms with Gasteiger partial charge in [0, 0.05) is 44.6 Å². The number of aromatic nitrogens is 1. The van der Waals surface area contributed by atoms with Gasteiger partial charge in [0.15, 0.2) is 5.13 Å². The van der Waals surface area contributed by atoms with Gasteiger partial charge >= 0.3 is 0 Å². The number of rotatable bonds is 12. The van der Waals surface area contributed by atoms with Crippen molar-refractivity contribution in [3.63, 3.8) is 0 Å². The third-order valence-corrected chi connectivity index (χ3v) is 8.74. The number of thiazole rings is 1. The Morgan fingerprint density at radius 3 is 2.16 bits per heavy atom. The highest BCUT2D eigenvalue weighted by Crippen LogP contribution is 2.31. The summed E-state index contributed by atoms with van der Waals surface area (Å²) < 4.78 is 28.4. The number of likely N-dealkylation sites (N-methyl/N-ethyl adjacent to an activating group) is 1. The topological polar surface area (TPSA) is 121 Å². The Hall–Kier alpha value is -3.06. The van der Waals surface area contributed by atoms with Gasteiger partial charge in [0.25, 0.3) is 5.91 Å². The van der Waals surface area contributed by atoms with Crippen LogP contribution in [0.25, 0.3) is 10.2 Å². The fourth-order valence-electron chi connectivity index (χ4n) is 3.65. The van der Waals surface area contributed by atoms with Crippen LogP contribution in [0.1, 0.15) is 35.7 Å². The van der Waals surface area contributed by atoms with Gasteiger partial charge in [-0.05, 0) is 62.5 Å². The zero-order valence-electron chi connectivity index (χ0n) is 21.6. The van der Waals surface area contributed by atoms with Crippen LogP contribution in [-0.4, -0.2) is 68.8 Å². The molecule has 0 aliphatic rings. The van der Waals surface area contributed by atoms with Crippen LogP contribution >= 0.6 is 23.7 Å². The molecule has 38 heavy (non-hydrogen) atoms. The maximum absolute atomic E-state index is 13.6. The molecule has 0 saturated heterocycles. The molecular formula is C26H31ClN6O3S2. The van der Waals surface area contributed by atoms with Gasteiger partial charge in [-0.1, -0.05) is 24.3 Å². The van der Waals surface area contributed by atoms with Gasteiger partial charge < -0.3 is 4.90 Å². The molecule has 3 aromatic rings. The van der Waals surface area contributed by atoms with Crippen LogP contribution in [0.5, 0.6) is 0 Å². The summed E-state index contributed by atoms with van der Waals surface area (Å²) in [6, 6.07) is 15.7. The molecule has 3 rings (SSSR count). The molecular weight excluding hydrogens is 544 g/mol. The Morgan fingerprint density at radius 1 is 0.974 bits per heavy atom. The molecule has 0 bridgehead atoms. The van der Waals surface area contributed by atoms with Crippen LogP contribution in [0.4, 0.5) is 5.13 Å². The van der Waals surface area contributed by atoms with Crippen molar-refractivity contribution in [3.8, 4) is 12.1 Å². The minimum absolute atomic E-state index is 0. The average molecular weight is 575 g/mol. The number of aryl methyl sites for hydroxylation is 1. The summed E-state index contributed by atoms with van der Waals surface area (Å²) in [5.41, 5.74) is 2.37. The Balaban J connectivity index is 0.00000507. The van der Waals surface area contributed by atoms with E-state index in [-0.39, 0.29) is 49.1 Å². The van der Waals surface area contributed by atoms with Gasteiger partial charge in [-0.15, -0.1) is 12.4 Å². The number of halogens is 1. The Bertz CT molecular complexity index is 1410. The van der Waals surface area contributed by atoms with Crippen molar-refractivity contribution < 1.29 is 13.2 Å². The lowest BCUT2D eigenvalue weighted by Gasteiger charge is -2.22. The number of anilines is 1. The lowest BCUT2D eigenvalue weighted by atomic mass is 10.2. The second-order valence-corrected chi connectivity index (χ2v) is 11.6. The van der Waals surface area contributed by atoms with E-state index in [4.69, 9.17) is 15.5 Å². The normalized spacial score (nSPS) is 11.2. The zero-order chi connectivity index (χ0) is 27.0. The zero-order valence-corrected chi connectivity index (χ0v) is 24.1. The summed E-state index contributed by atoms with van der Waals surface area (Å²) in [5, 5.41) is 18.4. The summed E-state index contributed by atoms with van der Waals surface area (Å²) in [6.07, 6.45) is 0.945. The standard InChI is InChI=1S/C26H30N6O3S2.ClH/c1-4-20-7-12-23-24(19-20)36-26(29-23)32(18-17-30(2)3)25(33)21-8-10-22(11-9-21)37(34,35)31(15-5-13-27)16-6-14-28;/h7-12,19H,4-6,15-18H2,1-3H3;1H. The van der Waals surface area contributed by atoms with Gasteiger partial charge in [0.05, 0.1) is 27.3 Å². The van der Waals surface area contributed by atoms with Crippen molar-refractivity contribution >= 4 is 55.0 Å². The van der Waals surface area contributed by atoms with Gasteiger partial charge in [0.1, 0.15) is 0 Å². The molecule has 0 aliphatic carbocycles. The third-order valence-electron chi connectivity index (χ3n) is 5.78. The molecule has 12 heteroatoms. The number of carbonyl (C=O) groups is 1. The monoisotopic (exact) mass is 574 g/mol. The molecule has 202 valence electrons. The molecule has 1 amide bonds. The second kappa shape index (κ2) is 14.2. The lowest BCUT2D eigenvalue weighted by Crippen LogP contribution is -2.36. The van der Waals surface area contributed by atoms with Crippen molar-refractivity contribution in [1.29, 1.82) is 10.5 Å². The van der Waals surface area contributed by atoms with E-state index in [9.17, 15) is 13.2 Å². The fourth-order valence-corrected chi connectivity index (χ4v) is 6.15. The fraction of sp³-hybridized carbons (Fsp3) is 0.385. The number of nitrogens with zero attached hydrogens (tertiary/aromatic N) is 6. The van der Waals surface area contributed by atoms with Gasteiger partial charge in [-0.3, -0.25) is 9.69 Å². The quantitative estimate of drug-likeness (QED) is 0.316. The van der Waals surface area contributed by atoms with Crippen LogP contribution < -0.4 is 4.90 Å². The molecule has 0 aliphatic heterocycles. The first kappa shape index (κ1) is 31.2. The number of carbonyl (C=O) groups excluding carboxylic acids is 1. The molecule has 0 N–H and O–H groups in total. The third kappa shape index (κ3) is 7.50. The minimum Gasteiger partial charge on any atom is -0.308 e. The number of fused-ring (bicyclic) bond motifs is 1. The highest BCUT2D eigenvalue weighted by Gasteiger charge is 2.26. The van der Waals surface area contributed by atoms with Crippen molar-refractivity contribution in [2.24, 2.45) is 0 Å². The summed E-state index contributed by atoms with van der Waals surface area (Å²) in [7, 11) is -0.0584. The summed E-state index contributed by atoms with van der Waals surface area (Å²) in [4.78, 5) is 21.9. The van der Waals surface area contributed by atoms with Crippen LogP contribution in [0.2, 0.25) is 0 Å². The largest absolute Gasteiger partial charge is 0.308 e. The first-order valence-corrected chi connectivity index (χ1v) is 14.2. The van der Waals surface area contributed by atoms with Crippen molar-refractivity contribution in [1.82, 2.24) is 14.2 Å². The molecule has 0 radical (unpaired) electrons. The smallest absolute Gasteiger partial charge is 0.260 e. The maximum atomic E-state index is 13.6. The molecule has 0 spiro atoms. The number of amides is 1. The number of sulfonamides is 1. The van der Waals surface area contributed by atoms with E-state index in [0.717, 1.165) is 20.9 Å². The molecule has 0 unspecified atom stereocenters. The van der Waals surface area contributed by atoms with Crippen molar-refractivity contribution in [3.05, 3.63) is 53.6 Å². The molecule has 0 saturated carbocycles. The van der Waals surface area contributed by atoms with Crippen molar-refractivity contribution in [2.45, 2.75) is 31.1 Å². The SMILES string of the molecule is CCc1ccc2nc(N(CCN(C)C)C(=O)c3ccc(S(=O)(=O)N(CCC#N)CCC#N)cc3)sc2c1.Cl. The highest BCUT2D eigenvalue weighted by molar-refractivity contribution is 7.89. The lowest BCUT2D eigenvalue weighted by molar-refractivity contribution is 0.0985. The van der Waals surface area contributed by atoms with Crippen LogP contribution in [-0.2, 0) is 16.4 Å². The molecule has 0 fully saturated rings. The number of hydrogen-bond donors (Lipinski definition) is 0. The molecule has 9 nitrogen and oxygen atoms in total. The highest BCUT2D eigenvalue weighted by atomic mass is 35.5. The van der Waals surface area contributed by atoms with E-state index in [1.807, 2.05) is 43.3 Å². The number of benzene rings is 2. The summed E-state index contributed by atoms with van der Waals surface area (Å²) in [6.45, 7) is 3.13. The molecule has 1 aromatic heterocycles. The van der Waals surface area contributed by atoms with Crippen LogP contribution in [0.15, 0.2) is 47.4 Å². The van der Waals surface area contributed by atoms with Gasteiger partial charge in [-0.25, -0.2) is 13.4 Å². The molecule has 1 heterocycles. The summed E-state index contributed by atoms with van der Waals surface area (Å²) >= 11 is 1.46. The van der Waals surface area contributed by atoms with E-state index < -0.39 is 10.0 Å². The van der Waals surface area contributed by atoms with Crippen LogP contribution in [0, 0.1) is 22.7 Å². The second-order valence-electron chi connectivity index (χ2n) is 8.66. The molecule has 2 aromatic carbocycles. The van der Waals surface area contributed by atoms with E-state index in [1.54, 1.807) is 4.90 Å². The Kier molecular flexibility index (Phi) is 11.6. The summed E-state index contributed by atoms with van der Waals surface area (Å²) in [5.74, 6) is -0.272. The predicted molar refractivity (Wildman–Crippen MR) is 152 cm³/mol. The van der Waals surface area contributed by atoms with E-state index in [2.05, 4.69) is 13.0 Å². The van der Waals surface area contributed by atoms with Crippen LogP contribution in [0.3, 0.4) is 0 Å².